The number of carboxylic acid groups (broad SMARTS) is 1. The number of nitrogens with zero attached hydrogens (tertiary/aromatic N) is 9. The highest BCUT2D eigenvalue weighted by Gasteiger charge is 2.39. The normalized spacial score (nSPS) is 14.3. The number of esters is 1. The fourth-order valence-electron chi connectivity index (χ4n) is 12.3. The van der Waals surface area contributed by atoms with E-state index in [2.05, 4.69) is 74.3 Å². The summed E-state index contributed by atoms with van der Waals surface area (Å²) in [5, 5.41) is 32.9. The number of aromatic nitrogens is 8. The van der Waals surface area contributed by atoms with E-state index in [1.54, 1.807) is 25.1 Å². The predicted molar refractivity (Wildman–Crippen MR) is 383 cm³/mol. The van der Waals surface area contributed by atoms with E-state index in [9.17, 15) is 80.2 Å². The zero-order valence-corrected chi connectivity index (χ0v) is 62.8. The molecule has 5 N–H and O–H groups in total. The fraction of sp³-hybridized carbons (Fsp3) is 0.479. The maximum atomic E-state index is 13.3. The molecule has 2 fully saturated rings. The molecule has 11 rings (SSSR count). The minimum Gasteiger partial charge on any atom is -0.480 e. The summed E-state index contributed by atoms with van der Waals surface area (Å²) in [6.45, 7) is 15.9. The second-order valence-electron chi connectivity index (χ2n) is 27.5. The van der Waals surface area contributed by atoms with Crippen molar-refractivity contribution in [1.82, 2.24) is 54.7 Å². The first-order chi connectivity index (χ1) is 49.4. The van der Waals surface area contributed by atoms with Gasteiger partial charge in [0.1, 0.15) is 41.3 Å². The van der Waals surface area contributed by atoms with Crippen molar-refractivity contribution in [3.8, 4) is 0 Å². The van der Waals surface area contributed by atoms with Gasteiger partial charge in [0.25, 0.3) is 0 Å². The van der Waals surface area contributed by atoms with Gasteiger partial charge in [-0.1, -0.05) is 150 Å². The number of ether oxygens (including phenoxy) is 1. The number of carboxylic acids is 1. The number of likely N-dealkylation sites (N-methyl/N-ethyl adjacent to an activating group) is 2. The fourth-order valence-corrected chi connectivity index (χ4v) is 15.4. The van der Waals surface area contributed by atoms with E-state index >= 15 is 0 Å². The number of hydrogen-bond acceptors (Lipinski definition) is 11. The average molecular weight is 1570 g/mol. The minimum atomic E-state index is -4.53. The number of rotatable bonds is 16. The van der Waals surface area contributed by atoms with Crippen molar-refractivity contribution < 1.29 is 90.1 Å². The summed E-state index contributed by atoms with van der Waals surface area (Å²) in [6.07, 6.45) is -6.47. The highest BCUT2D eigenvalue weighted by Crippen LogP contribution is 2.39. The van der Waals surface area contributed by atoms with E-state index in [1.807, 2.05) is 19.6 Å². The molecule has 0 atom stereocenters. The first-order valence-corrected chi connectivity index (χ1v) is 41.5. The lowest BCUT2D eigenvalue weighted by Crippen LogP contribution is -2.40. The molecule has 582 valence electrons. The van der Waals surface area contributed by atoms with Crippen molar-refractivity contribution in [1.29, 1.82) is 0 Å². The third-order valence-corrected chi connectivity index (χ3v) is 21.4. The largest absolute Gasteiger partial charge is 0.480 e. The molecule has 4 heterocycles. The van der Waals surface area contributed by atoms with Crippen LogP contribution in [0.2, 0.25) is 44.3 Å². The lowest BCUT2D eigenvalue weighted by molar-refractivity contribution is -0.144. The van der Waals surface area contributed by atoms with Gasteiger partial charge in [0.05, 0.1) is 73.7 Å². The molecular formula is C71H88ClF15N12O5Si2. The van der Waals surface area contributed by atoms with Crippen molar-refractivity contribution in [3.05, 3.63) is 142 Å². The van der Waals surface area contributed by atoms with Crippen LogP contribution in [0.3, 0.4) is 0 Å². The highest BCUT2D eigenvalue weighted by molar-refractivity contribution is 6.90. The molecule has 0 unspecified atom stereocenters. The third kappa shape index (κ3) is 24.5. The van der Waals surface area contributed by atoms with Crippen molar-refractivity contribution in [2.45, 2.75) is 173 Å². The van der Waals surface area contributed by atoms with Crippen LogP contribution in [0, 0.1) is 0 Å². The molecule has 1 amide bonds. The van der Waals surface area contributed by atoms with Crippen LogP contribution in [-0.2, 0) is 69.6 Å². The number of fused-ring (bicyclic) bond motifs is 4. The second-order valence-corrected chi connectivity index (χ2v) is 37.8. The molecule has 0 spiro atoms. The molecule has 5 aromatic carbocycles. The molecule has 9 aromatic rings. The van der Waals surface area contributed by atoms with Crippen LogP contribution >= 0.6 is 11.6 Å². The Balaban J connectivity index is 0.000000205. The van der Waals surface area contributed by atoms with Gasteiger partial charge in [-0.05, 0) is 83.1 Å². The summed E-state index contributed by atoms with van der Waals surface area (Å²) in [5.74, 6) is -2.18. The Morgan fingerprint density at radius 2 is 1.00 bits per heavy atom. The molecule has 0 saturated heterocycles. The van der Waals surface area contributed by atoms with Gasteiger partial charge in [0.2, 0.25) is 5.91 Å². The number of aliphatic carboxylic acids is 1. The molecule has 17 nitrogen and oxygen atoms in total. The van der Waals surface area contributed by atoms with Crippen LogP contribution in [0.15, 0.2) is 109 Å². The van der Waals surface area contributed by atoms with E-state index in [0.29, 0.717) is 34.1 Å². The van der Waals surface area contributed by atoms with Crippen molar-refractivity contribution in [2.75, 3.05) is 46.9 Å². The minimum absolute atomic E-state index is 0.0254. The molecule has 0 radical (unpaired) electrons. The Bertz CT molecular complexity index is 4340. The molecular weight excluding hydrogens is 1480 g/mol. The Labute approximate surface area is 609 Å². The molecule has 4 aromatic heterocycles. The van der Waals surface area contributed by atoms with Crippen LogP contribution in [0.4, 0.5) is 65.9 Å². The van der Waals surface area contributed by atoms with E-state index in [-0.39, 0.29) is 58.1 Å². The summed E-state index contributed by atoms with van der Waals surface area (Å²) in [7, 11) is 0.559. The number of para-hydroxylation sites is 4. The number of carbonyl (C=O) groups excluding carboxylic acids is 2. The Morgan fingerprint density at radius 1 is 0.566 bits per heavy atom. The second kappa shape index (κ2) is 37.2. The molecule has 35 heteroatoms. The molecule has 0 bridgehead atoms. The van der Waals surface area contributed by atoms with Gasteiger partial charge in [-0.2, -0.15) is 86.3 Å². The average Bonchev–Trinajstić information content (AvgIpc) is 1.61. The van der Waals surface area contributed by atoms with Crippen LogP contribution in [-0.4, -0.2) is 147 Å². The molecule has 2 aliphatic carbocycles. The van der Waals surface area contributed by atoms with E-state index < -0.39 is 93.3 Å². The van der Waals surface area contributed by atoms with Gasteiger partial charge in [0.15, 0.2) is 0 Å². The molecule has 2 aliphatic rings. The first-order valence-electron chi connectivity index (χ1n) is 34.1. The number of benzene rings is 5. The smallest absolute Gasteiger partial charge is 0.418 e. The van der Waals surface area contributed by atoms with Gasteiger partial charge < -0.3 is 30.7 Å². The third-order valence-electron chi connectivity index (χ3n) is 17.4. The number of halogens is 16. The van der Waals surface area contributed by atoms with E-state index in [4.69, 9.17) is 27.2 Å². The summed E-state index contributed by atoms with van der Waals surface area (Å²) in [4.78, 5) is 39.1. The molecule has 106 heavy (non-hydrogen) atoms. The quantitative estimate of drug-likeness (QED) is 0.0405. The summed E-state index contributed by atoms with van der Waals surface area (Å²) >= 11 is 5.29. The number of carbonyl (C=O) groups is 3. The van der Waals surface area contributed by atoms with Crippen LogP contribution in [0.25, 0.3) is 43.6 Å². The standard InChI is InChI=1S/C19H25F3N4O.C15H19F3N2O2Si.C11H13F3N2Si.C10H7F3N2O2.C9H20N2.C7H4ClF3/c1-25(15-7-3-2-4-8-15)11-10-23-17(27)13-26-18-14(12-24-26)6-5-9-16(18)19(20,21)22;1-5-22-12(21)9-20-13-10(14(19-20)23(2,3)4)7-6-8-11(13)15(16,17)18;1-17(2,3)10-7-5-4-6-8(11(12,13)14)9(7)15-16-10;11-10(12,13)7-3-1-2-6-4-14-15(9(6)7)5-8(16)17;1-11(8-7-10)9-5-3-2-4-6-9;8-6-4-2-1-3-5(6)7(9,10)11/h5-6,9,12,15H,2-4,7-8,10-11,13H2,1H3,(H,23,27);6-8H,5,9H2,1-4H3;4-6H,1-3H3,(H,15,16);1-4H,5H2,(H,16,17);9H,2-8,10H2,1H3;1-4H. The Kier molecular flexibility index (Phi) is 30.5. The van der Waals surface area contributed by atoms with Gasteiger partial charge in [-0.3, -0.25) is 33.5 Å². The number of amides is 1. The summed E-state index contributed by atoms with van der Waals surface area (Å²) in [6, 6.07) is 22.1. The zero-order chi connectivity index (χ0) is 78.9. The molecule has 2 saturated carbocycles. The highest BCUT2D eigenvalue weighted by atomic mass is 35.5. The SMILES string of the molecule is CCOC(=O)Cn1nc([Si](C)(C)C)c2cccc(C(F)(F)F)c21.CN(CCN)C1CCCCC1.CN(CCNC(=O)Cn1ncc2cccc(C(F)(F)F)c21)C1CCCCC1.C[Si](C)(C)c1[nH]nc2c(C(F)(F)F)cccc12.FC(F)(F)c1ccccc1Cl.O=C(O)Cn1ncc2cccc(C(F)(F)F)c21. The summed E-state index contributed by atoms with van der Waals surface area (Å²) < 4.78 is 200. The monoisotopic (exact) mass is 1560 g/mol. The Hall–Kier alpha value is -8.06. The predicted octanol–water partition coefficient (Wildman–Crippen LogP) is 16.4. The van der Waals surface area contributed by atoms with Crippen molar-refractivity contribution in [2.24, 2.45) is 5.73 Å². The maximum Gasteiger partial charge on any atom is 0.418 e. The zero-order valence-electron chi connectivity index (χ0n) is 60.0. The van der Waals surface area contributed by atoms with E-state index in [0.717, 1.165) is 75.4 Å². The van der Waals surface area contributed by atoms with Crippen LogP contribution < -0.4 is 21.7 Å². The van der Waals surface area contributed by atoms with Gasteiger partial charge in [-0.25, -0.2) is 0 Å². The number of nitrogens with one attached hydrogen (secondary N) is 2. The lowest BCUT2D eigenvalue weighted by Gasteiger charge is -2.31. The number of hydrogen-bond donors (Lipinski definition) is 4. The summed E-state index contributed by atoms with van der Waals surface area (Å²) in [5.41, 5.74) is 1.31. The number of alkyl halides is 15. The Morgan fingerprint density at radius 3 is 1.43 bits per heavy atom. The number of H-pyrrole nitrogens is 1. The topological polar surface area (TPSA) is 207 Å². The number of aromatic amines is 1. The van der Waals surface area contributed by atoms with Gasteiger partial charge >= 0.3 is 42.8 Å². The first kappa shape index (κ1) is 86.9. The van der Waals surface area contributed by atoms with Gasteiger partial charge in [0, 0.05) is 65.1 Å². The van der Waals surface area contributed by atoms with Crippen LogP contribution in [0.1, 0.15) is 98.9 Å². The van der Waals surface area contributed by atoms with Gasteiger partial charge in [-0.15, -0.1) is 0 Å². The maximum absolute atomic E-state index is 13.3. The van der Waals surface area contributed by atoms with Crippen molar-refractivity contribution >= 4 is 99.8 Å². The van der Waals surface area contributed by atoms with E-state index in [1.165, 1.54) is 125 Å². The van der Waals surface area contributed by atoms with Crippen LogP contribution in [0.5, 0.6) is 0 Å². The molecule has 0 aliphatic heterocycles. The number of nitrogens with two attached hydrogens (primary N) is 1. The lowest BCUT2D eigenvalue weighted by atomic mass is 9.94. The van der Waals surface area contributed by atoms with Crippen molar-refractivity contribution in [3.63, 3.8) is 0 Å².